The second kappa shape index (κ2) is 6.11. The van der Waals surface area contributed by atoms with E-state index in [-0.39, 0.29) is 5.41 Å². The van der Waals surface area contributed by atoms with E-state index in [0.29, 0.717) is 6.04 Å². The van der Waals surface area contributed by atoms with Crippen LogP contribution in [-0.2, 0) is 0 Å². The van der Waals surface area contributed by atoms with Crippen LogP contribution in [0.2, 0.25) is 0 Å². The van der Waals surface area contributed by atoms with Gasteiger partial charge in [-0.1, -0.05) is 27.7 Å². The van der Waals surface area contributed by atoms with Gasteiger partial charge in [-0.3, -0.25) is 4.99 Å². The molecule has 0 radical (unpaired) electrons. The van der Waals surface area contributed by atoms with E-state index in [1.807, 2.05) is 0 Å². The van der Waals surface area contributed by atoms with E-state index >= 15 is 0 Å². The molecule has 3 nitrogen and oxygen atoms in total. The lowest BCUT2D eigenvalue weighted by atomic mass is 9.95. The molecule has 3 heteroatoms. The summed E-state index contributed by atoms with van der Waals surface area (Å²) in [6.45, 7) is 12.5. The molecule has 0 saturated carbocycles. The first-order valence-electron chi connectivity index (χ1n) is 5.79. The monoisotopic (exact) mass is 213 g/mol. The largest absolute Gasteiger partial charge is 0.387 e. The number of rotatable bonds is 5. The van der Waals surface area contributed by atoms with Gasteiger partial charge in [0.25, 0.3) is 0 Å². The van der Waals surface area contributed by atoms with Gasteiger partial charge < -0.3 is 10.6 Å². The first-order chi connectivity index (χ1) is 6.79. The summed E-state index contributed by atoms with van der Waals surface area (Å²) in [4.78, 5) is 6.72. The minimum atomic E-state index is -0.00502. The van der Waals surface area contributed by atoms with Crippen molar-refractivity contribution in [2.75, 3.05) is 20.1 Å². The number of hydrogen-bond donors (Lipinski definition) is 1. The summed E-state index contributed by atoms with van der Waals surface area (Å²) in [6.07, 6.45) is 1.18. The third kappa shape index (κ3) is 5.78. The fourth-order valence-corrected chi connectivity index (χ4v) is 1.10. The number of likely N-dealkylation sites (N-methyl/N-ethyl adjacent to an activating group) is 1. The first-order valence-corrected chi connectivity index (χ1v) is 5.79. The van der Waals surface area contributed by atoms with Crippen LogP contribution in [0.3, 0.4) is 0 Å². The van der Waals surface area contributed by atoms with Crippen LogP contribution < -0.4 is 5.73 Å². The van der Waals surface area contributed by atoms with Crippen molar-refractivity contribution in [3.63, 3.8) is 0 Å². The molecular weight excluding hydrogens is 186 g/mol. The predicted octanol–water partition coefficient (Wildman–Crippen LogP) is 2.12. The lowest BCUT2D eigenvalue weighted by Crippen LogP contribution is -2.33. The van der Waals surface area contributed by atoms with Gasteiger partial charge in [0.2, 0.25) is 0 Å². The van der Waals surface area contributed by atoms with E-state index < -0.39 is 0 Å². The molecule has 0 spiro atoms. The third-order valence-corrected chi connectivity index (χ3v) is 2.85. The lowest BCUT2D eigenvalue weighted by Gasteiger charge is -2.23. The second-order valence-electron chi connectivity index (χ2n) is 5.25. The van der Waals surface area contributed by atoms with Crippen molar-refractivity contribution in [3.05, 3.63) is 0 Å². The van der Waals surface area contributed by atoms with Crippen LogP contribution in [0.25, 0.3) is 0 Å². The van der Waals surface area contributed by atoms with Crippen molar-refractivity contribution in [2.24, 2.45) is 16.1 Å². The zero-order valence-electron chi connectivity index (χ0n) is 11.2. The quantitative estimate of drug-likeness (QED) is 0.561. The fraction of sp³-hybridized carbons (Fsp3) is 0.917. The van der Waals surface area contributed by atoms with Crippen molar-refractivity contribution in [3.8, 4) is 0 Å². The summed E-state index contributed by atoms with van der Waals surface area (Å²) in [5.74, 6) is 0.750. The first kappa shape index (κ1) is 14.4. The minimum Gasteiger partial charge on any atom is -0.387 e. The van der Waals surface area contributed by atoms with Gasteiger partial charge in [-0.05, 0) is 20.4 Å². The van der Waals surface area contributed by atoms with Crippen LogP contribution in [0.15, 0.2) is 4.99 Å². The number of amidine groups is 1. The molecule has 0 saturated heterocycles. The molecule has 0 aliphatic carbocycles. The van der Waals surface area contributed by atoms with Crippen molar-refractivity contribution in [1.82, 2.24) is 4.90 Å². The summed E-state index contributed by atoms with van der Waals surface area (Å²) in [6, 6.07) is 0.621. The third-order valence-electron chi connectivity index (χ3n) is 2.85. The minimum absolute atomic E-state index is 0.00502. The summed E-state index contributed by atoms with van der Waals surface area (Å²) in [5, 5.41) is 0. The predicted molar refractivity (Wildman–Crippen MR) is 68.3 cm³/mol. The Hall–Kier alpha value is -0.570. The maximum Gasteiger partial charge on any atom is 0.0991 e. The highest BCUT2D eigenvalue weighted by atomic mass is 15.1. The van der Waals surface area contributed by atoms with Crippen molar-refractivity contribution in [1.29, 1.82) is 0 Å². The van der Waals surface area contributed by atoms with Crippen LogP contribution in [-0.4, -0.2) is 36.9 Å². The Morgan fingerprint density at radius 3 is 2.33 bits per heavy atom. The van der Waals surface area contributed by atoms with Crippen LogP contribution in [0.1, 0.15) is 41.0 Å². The average Bonchev–Trinajstić information content (AvgIpc) is 2.14. The number of aliphatic imine (C=N–C) groups is 1. The highest BCUT2D eigenvalue weighted by Gasteiger charge is 2.15. The maximum atomic E-state index is 5.88. The molecule has 0 aliphatic rings. The highest BCUT2D eigenvalue weighted by molar-refractivity contribution is 5.85. The molecule has 2 N–H and O–H groups in total. The molecular formula is C12H27N3. The Balaban J connectivity index is 3.98. The number of nitrogens with two attached hydrogens (primary N) is 1. The van der Waals surface area contributed by atoms with E-state index in [1.54, 1.807) is 0 Å². The van der Waals surface area contributed by atoms with Gasteiger partial charge in [0, 0.05) is 18.0 Å². The Labute approximate surface area is 94.7 Å². The van der Waals surface area contributed by atoms with Crippen molar-refractivity contribution in [2.45, 2.75) is 47.1 Å². The van der Waals surface area contributed by atoms with Gasteiger partial charge in [0.1, 0.15) is 0 Å². The van der Waals surface area contributed by atoms with Gasteiger partial charge >= 0.3 is 0 Å². The van der Waals surface area contributed by atoms with E-state index in [1.165, 1.54) is 6.42 Å². The molecule has 0 aromatic rings. The molecule has 15 heavy (non-hydrogen) atoms. The van der Waals surface area contributed by atoms with E-state index in [2.05, 4.69) is 51.6 Å². The van der Waals surface area contributed by atoms with Crippen molar-refractivity contribution < 1.29 is 0 Å². The summed E-state index contributed by atoms with van der Waals surface area (Å²) < 4.78 is 0. The van der Waals surface area contributed by atoms with Crippen LogP contribution in [0.5, 0.6) is 0 Å². The van der Waals surface area contributed by atoms with E-state index in [4.69, 9.17) is 5.73 Å². The Morgan fingerprint density at radius 1 is 1.40 bits per heavy atom. The molecule has 0 aromatic heterocycles. The topological polar surface area (TPSA) is 41.6 Å². The van der Waals surface area contributed by atoms with Crippen LogP contribution in [0, 0.1) is 5.41 Å². The van der Waals surface area contributed by atoms with Gasteiger partial charge in [-0.15, -0.1) is 0 Å². The summed E-state index contributed by atoms with van der Waals surface area (Å²) >= 11 is 0. The summed E-state index contributed by atoms with van der Waals surface area (Å²) in [5.41, 5.74) is 5.87. The standard InChI is InChI=1S/C12H27N3/c1-7-10(2)15(6)9-8-14-11(13)12(3,4)5/h10H,7-9H2,1-6H3,(H2,13,14). The highest BCUT2D eigenvalue weighted by Crippen LogP contribution is 2.12. The molecule has 90 valence electrons. The average molecular weight is 213 g/mol. The number of hydrogen-bond acceptors (Lipinski definition) is 2. The van der Waals surface area contributed by atoms with Gasteiger partial charge in [-0.25, -0.2) is 0 Å². The number of nitrogens with zero attached hydrogens (tertiary/aromatic N) is 2. The molecule has 0 rings (SSSR count). The second-order valence-corrected chi connectivity index (χ2v) is 5.25. The zero-order valence-corrected chi connectivity index (χ0v) is 11.2. The molecule has 0 aromatic carbocycles. The van der Waals surface area contributed by atoms with E-state index in [0.717, 1.165) is 18.9 Å². The maximum absolute atomic E-state index is 5.88. The smallest absolute Gasteiger partial charge is 0.0991 e. The fourth-order valence-electron chi connectivity index (χ4n) is 1.10. The van der Waals surface area contributed by atoms with E-state index in [9.17, 15) is 0 Å². The molecule has 0 bridgehead atoms. The Morgan fingerprint density at radius 2 is 1.93 bits per heavy atom. The molecule has 1 atom stereocenters. The van der Waals surface area contributed by atoms with Crippen LogP contribution in [0.4, 0.5) is 0 Å². The molecule has 0 fully saturated rings. The van der Waals surface area contributed by atoms with Crippen LogP contribution >= 0.6 is 0 Å². The summed E-state index contributed by atoms with van der Waals surface area (Å²) in [7, 11) is 2.14. The van der Waals surface area contributed by atoms with Gasteiger partial charge in [0.15, 0.2) is 0 Å². The molecule has 0 aliphatic heterocycles. The SMILES string of the molecule is CCC(C)N(C)CCN=C(N)C(C)(C)C. The molecule has 0 amide bonds. The van der Waals surface area contributed by atoms with Crippen molar-refractivity contribution >= 4 is 5.84 Å². The molecule has 1 unspecified atom stereocenters. The Kier molecular flexibility index (Phi) is 5.88. The van der Waals surface area contributed by atoms with Gasteiger partial charge in [-0.2, -0.15) is 0 Å². The Bertz CT molecular complexity index is 203. The lowest BCUT2D eigenvalue weighted by molar-refractivity contribution is 0.259. The molecule has 0 heterocycles. The van der Waals surface area contributed by atoms with Gasteiger partial charge in [0.05, 0.1) is 12.4 Å². The zero-order chi connectivity index (χ0) is 12.1. The normalized spacial score (nSPS) is 15.8.